The van der Waals surface area contributed by atoms with Gasteiger partial charge in [0.05, 0.1) is 31.1 Å². The Morgan fingerprint density at radius 3 is 2.95 bits per heavy atom. The zero-order chi connectivity index (χ0) is 13.8. The number of benzene rings is 1. The van der Waals surface area contributed by atoms with Gasteiger partial charge in [-0.3, -0.25) is 4.79 Å². The number of hydrogen-bond donors (Lipinski definition) is 2. The van der Waals surface area contributed by atoms with Crippen LogP contribution in [0.5, 0.6) is 5.75 Å². The van der Waals surface area contributed by atoms with Gasteiger partial charge in [-0.25, -0.2) is 4.98 Å². The highest BCUT2D eigenvalue weighted by atomic mass is 16.5. The summed E-state index contributed by atoms with van der Waals surface area (Å²) in [4.78, 5) is 16.0. The normalized spacial score (nSPS) is 10.2. The summed E-state index contributed by atoms with van der Waals surface area (Å²) < 4.78 is 10.3. The third-order valence-electron chi connectivity index (χ3n) is 2.60. The van der Waals surface area contributed by atoms with Crippen molar-refractivity contribution in [3.63, 3.8) is 0 Å². The Bertz CT molecular complexity index is 593. The molecular formula is C13H15N3O3. The molecule has 2 aromatic rings. The molecule has 6 nitrogen and oxygen atoms in total. The van der Waals surface area contributed by atoms with Crippen molar-refractivity contribution >= 4 is 11.6 Å². The van der Waals surface area contributed by atoms with Gasteiger partial charge < -0.3 is 20.2 Å². The second-order valence-electron chi connectivity index (χ2n) is 3.97. The van der Waals surface area contributed by atoms with Crippen molar-refractivity contribution in [1.82, 2.24) is 10.3 Å². The highest BCUT2D eigenvalue weighted by molar-refractivity contribution is 6.00. The van der Waals surface area contributed by atoms with Crippen LogP contribution in [0, 0.1) is 6.92 Å². The Kier molecular flexibility index (Phi) is 3.70. The third-order valence-corrected chi connectivity index (χ3v) is 2.60. The maximum atomic E-state index is 12.0. The number of anilines is 1. The molecule has 0 aliphatic rings. The number of aromatic nitrogens is 1. The first-order valence-electron chi connectivity index (χ1n) is 5.74. The molecule has 3 N–H and O–H groups in total. The van der Waals surface area contributed by atoms with Gasteiger partial charge in [0, 0.05) is 0 Å². The number of oxazole rings is 1. The van der Waals surface area contributed by atoms with E-state index < -0.39 is 0 Å². The lowest BCUT2D eigenvalue weighted by molar-refractivity contribution is 0.0947. The molecule has 1 heterocycles. The molecule has 19 heavy (non-hydrogen) atoms. The molecule has 1 amide bonds. The van der Waals surface area contributed by atoms with Crippen LogP contribution in [0.2, 0.25) is 0 Å². The first kappa shape index (κ1) is 12.9. The number of methoxy groups -OCH3 is 1. The van der Waals surface area contributed by atoms with Gasteiger partial charge in [0.15, 0.2) is 0 Å². The predicted molar refractivity (Wildman–Crippen MR) is 69.8 cm³/mol. The molecule has 0 unspecified atom stereocenters. The van der Waals surface area contributed by atoms with Crippen LogP contribution in [0.1, 0.15) is 22.0 Å². The fourth-order valence-corrected chi connectivity index (χ4v) is 1.65. The quantitative estimate of drug-likeness (QED) is 0.814. The smallest absolute Gasteiger partial charge is 0.253 e. The van der Waals surface area contributed by atoms with Crippen LogP contribution in [0.25, 0.3) is 0 Å². The molecule has 100 valence electrons. The molecule has 0 aliphatic heterocycles. The Hall–Kier alpha value is -2.50. The van der Waals surface area contributed by atoms with Gasteiger partial charge in [-0.2, -0.15) is 0 Å². The van der Waals surface area contributed by atoms with E-state index >= 15 is 0 Å². The van der Waals surface area contributed by atoms with Crippen molar-refractivity contribution in [2.45, 2.75) is 13.5 Å². The summed E-state index contributed by atoms with van der Waals surface area (Å²) in [6.45, 7) is 2.00. The highest BCUT2D eigenvalue weighted by Gasteiger charge is 2.13. The molecule has 0 saturated heterocycles. The van der Waals surface area contributed by atoms with E-state index in [1.54, 1.807) is 31.3 Å². The Balaban J connectivity index is 2.08. The number of aryl methyl sites for hydroxylation is 1. The molecule has 0 spiro atoms. The van der Waals surface area contributed by atoms with E-state index in [0.717, 1.165) is 0 Å². The van der Waals surface area contributed by atoms with Crippen molar-refractivity contribution in [2.24, 2.45) is 0 Å². The second-order valence-corrected chi connectivity index (χ2v) is 3.97. The minimum atomic E-state index is -0.299. The SMILES string of the molecule is COc1cccc(C(=O)NCc2ncc(C)o2)c1N. The molecule has 1 aromatic heterocycles. The number of para-hydroxylation sites is 1. The molecule has 0 atom stereocenters. The number of carbonyl (C=O) groups excluding carboxylic acids is 1. The molecule has 0 radical (unpaired) electrons. The van der Waals surface area contributed by atoms with Gasteiger partial charge >= 0.3 is 0 Å². The minimum Gasteiger partial charge on any atom is -0.495 e. The van der Waals surface area contributed by atoms with E-state index in [1.807, 2.05) is 0 Å². The molecule has 1 aromatic carbocycles. The number of nitrogen functional groups attached to an aromatic ring is 1. The number of amides is 1. The number of ether oxygens (including phenoxy) is 1. The van der Waals surface area contributed by atoms with E-state index in [2.05, 4.69) is 10.3 Å². The van der Waals surface area contributed by atoms with Crippen LogP contribution in [-0.2, 0) is 6.54 Å². The summed E-state index contributed by atoms with van der Waals surface area (Å²) in [5, 5.41) is 2.69. The fraction of sp³-hybridized carbons (Fsp3) is 0.231. The van der Waals surface area contributed by atoms with Gasteiger partial charge in [0.2, 0.25) is 5.89 Å². The average Bonchev–Trinajstić information content (AvgIpc) is 2.82. The second kappa shape index (κ2) is 5.43. The first-order chi connectivity index (χ1) is 9.11. The lowest BCUT2D eigenvalue weighted by Gasteiger charge is -2.09. The van der Waals surface area contributed by atoms with Crippen LogP contribution in [0.3, 0.4) is 0 Å². The summed E-state index contributed by atoms with van der Waals surface area (Å²) in [5.74, 6) is 1.32. The number of nitrogens with two attached hydrogens (primary N) is 1. The summed E-state index contributed by atoms with van der Waals surface area (Å²) >= 11 is 0. The van der Waals surface area contributed by atoms with Crippen molar-refractivity contribution < 1.29 is 13.9 Å². The van der Waals surface area contributed by atoms with Gasteiger partial charge in [-0.05, 0) is 19.1 Å². The zero-order valence-electron chi connectivity index (χ0n) is 10.8. The standard InChI is InChI=1S/C13H15N3O3/c1-8-6-15-11(19-8)7-16-13(17)9-4-3-5-10(18-2)12(9)14/h3-6H,7,14H2,1-2H3,(H,16,17). The Labute approximate surface area is 110 Å². The van der Waals surface area contributed by atoms with Crippen molar-refractivity contribution in [3.8, 4) is 5.75 Å². The fourth-order valence-electron chi connectivity index (χ4n) is 1.65. The number of nitrogens with zero attached hydrogens (tertiary/aromatic N) is 1. The molecule has 0 aliphatic carbocycles. The zero-order valence-corrected chi connectivity index (χ0v) is 10.8. The van der Waals surface area contributed by atoms with Crippen LogP contribution in [0.4, 0.5) is 5.69 Å². The highest BCUT2D eigenvalue weighted by Crippen LogP contribution is 2.24. The topological polar surface area (TPSA) is 90.4 Å². The number of nitrogens with one attached hydrogen (secondary N) is 1. The summed E-state index contributed by atoms with van der Waals surface area (Å²) in [6, 6.07) is 5.04. The Morgan fingerprint density at radius 1 is 1.53 bits per heavy atom. The molecule has 0 fully saturated rings. The van der Waals surface area contributed by atoms with E-state index in [9.17, 15) is 4.79 Å². The number of rotatable bonds is 4. The lowest BCUT2D eigenvalue weighted by atomic mass is 10.1. The van der Waals surface area contributed by atoms with Gasteiger partial charge in [0.1, 0.15) is 11.5 Å². The number of hydrogen-bond acceptors (Lipinski definition) is 5. The average molecular weight is 261 g/mol. The van der Waals surface area contributed by atoms with E-state index in [1.165, 1.54) is 7.11 Å². The molecular weight excluding hydrogens is 246 g/mol. The minimum absolute atomic E-state index is 0.212. The molecule has 2 rings (SSSR count). The molecule has 0 saturated carbocycles. The van der Waals surface area contributed by atoms with Gasteiger partial charge in [-0.1, -0.05) is 6.07 Å². The van der Waals surface area contributed by atoms with E-state index in [4.69, 9.17) is 14.9 Å². The Morgan fingerprint density at radius 2 is 2.32 bits per heavy atom. The van der Waals surface area contributed by atoms with Crippen LogP contribution >= 0.6 is 0 Å². The van der Waals surface area contributed by atoms with Gasteiger partial charge in [-0.15, -0.1) is 0 Å². The van der Waals surface area contributed by atoms with Gasteiger partial charge in [0.25, 0.3) is 5.91 Å². The van der Waals surface area contributed by atoms with Crippen LogP contribution in [0.15, 0.2) is 28.8 Å². The lowest BCUT2D eigenvalue weighted by Crippen LogP contribution is -2.24. The van der Waals surface area contributed by atoms with E-state index in [0.29, 0.717) is 28.7 Å². The maximum Gasteiger partial charge on any atom is 0.253 e. The monoisotopic (exact) mass is 261 g/mol. The molecule has 0 bridgehead atoms. The molecule has 6 heteroatoms. The summed E-state index contributed by atoms with van der Waals surface area (Å²) in [5.41, 5.74) is 6.52. The maximum absolute atomic E-state index is 12.0. The number of carbonyl (C=O) groups is 1. The summed E-state index contributed by atoms with van der Waals surface area (Å²) in [6.07, 6.45) is 1.60. The van der Waals surface area contributed by atoms with Crippen molar-refractivity contribution in [1.29, 1.82) is 0 Å². The van der Waals surface area contributed by atoms with Crippen molar-refractivity contribution in [3.05, 3.63) is 41.6 Å². The first-order valence-corrected chi connectivity index (χ1v) is 5.74. The van der Waals surface area contributed by atoms with Crippen LogP contribution in [-0.4, -0.2) is 18.0 Å². The summed E-state index contributed by atoms with van der Waals surface area (Å²) in [7, 11) is 1.50. The largest absolute Gasteiger partial charge is 0.495 e. The van der Waals surface area contributed by atoms with Crippen LogP contribution < -0.4 is 15.8 Å². The third kappa shape index (κ3) is 2.85. The van der Waals surface area contributed by atoms with Crippen molar-refractivity contribution in [2.75, 3.05) is 12.8 Å². The van der Waals surface area contributed by atoms with E-state index in [-0.39, 0.29) is 12.5 Å². The predicted octanol–water partition coefficient (Wildman–Crippen LogP) is 1.50.